The summed E-state index contributed by atoms with van der Waals surface area (Å²) in [5.74, 6) is 1.16. The third-order valence-electron chi connectivity index (χ3n) is 2.39. The van der Waals surface area contributed by atoms with Crippen LogP contribution in [0.2, 0.25) is 0 Å². The lowest BCUT2D eigenvalue weighted by molar-refractivity contribution is 0.243. The molecule has 0 fully saturated rings. The number of aromatic amines is 1. The van der Waals surface area contributed by atoms with E-state index >= 15 is 0 Å². The first-order valence-electron chi connectivity index (χ1n) is 4.81. The number of ether oxygens (including phenoxy) is 1. The van der Waals surface area contributed by atoms with E-state index in [1.54, 1.807) is 6.07 Å². The fourth-order valence-corrected chi connectivity index (χ4v) is 1.63. The first-order valence-corrected chi connectivity index (χ1v) is 4.81. The van der Waals surface area contributed by atoms with Crippen LogP contribution in [0.5, 0.6) is 5.75 Å². The zero-order chi connectivity index (χ0) is 11.0. The topological polar surface area (TPSA) is 89.7 Å². The number of rotatable bonds is 1. The number of tetrazole rings is 1. The minimum absolute atomic E-state index is 0.337. The molecular weight excluding hydrogens is 206 g/mol. The van der Waals surface area contributed by atoms with Gasteiger partial charge in [0.15, 0.2) is 11.9 Å². The van der Waals surface area contributed by atoms with Gasteiger partial charge in [-0.15, -0.1) is 10.2 Å². The number of nitrogens with one attached hydrogen (secondary N) is 1. The van der Waals surface area contributed by atoms with Crippen molar-refractivity contribution in [2.45, 2.75) is 6.10 Å². The molecule has 1 aliphatic heterocycles. The lowest BCUT2D eigenvalue weighted by Gasteiger charge is -2.20. The Balaban J connectivity index is 2.00. The van der Waals surface area contributed by atoms with E-state index in [1.165, 1.54) is 0 Å². The summed E-state index contributed by atoms with van der Waals surface area (Å²) in [5, 5.41) is 13.6. The molecule has 6 nitrogen and oxygen atoms in total. The van der Waals surface area contributed by atoms with Gasteiger partial charge >= 0.3 is 0 Å². The fraction of sp³-hybridized carbons (Fsp3) is 0.100. The highest BCUT2D eigenvalue weighted by atomic mass is 16.5. The second kappa shape index (κ2) is 3.34. The van der Waals surface area contributed by atoms with E-state index in [0.717, 1.165) is 5.56 Å². The van der Waals surface area contributed by atoms with Gasteiger partial charge in [0.05, 0.1) is 5.69 Å². The number of H-pyrrole nitrogens is 1. The lowest BCUT2D eigenvalue weighted by Crippen LogP contribution is -2.12. The first kappa shape index (κ1) is 8.90. The van der Waals surface area contributed by atoms with Gasteiger partial charge in [-0.05, 0) is 12.1 Å². The molecule has 0 radical (unpaired) electrons. The van der Waals surface area contributed by atoms with Crippen LogP contribution in [0.1, 0.15) is 17.5 Å². The number of aromatic nitrogens is 4. The van der Waals surface area contributed by atoms with E-state index in [4.69, 9.17) is 10.5 Å². The molecule has 0 bridgehead atoms. The maximum Gasteiger partial charge on any atom is 0.218 e. The van der Waals surface area contributed by atoms with Crippen molar-refractivity contribution in [3.05, 3.63) is 35.7 Å². The molecule has 0 aliphatic carbocycles. The van der Waals surface area contributed by atoms with Crippen molar-refractivity contribution in [2.75, 3.05) is 5.73 Å². The third kappa shape index (κ3) is 1.31. The van der Waals surface area contributed by atoms with E-state index in [2.05, 4.69) is 20.6 Å². The molecule has 3 N–H and O–H groups in total. The molecule has 1 unspecified atom stereocenters. The van der Waals surface area contributed by atoms with Gasteiger partial charge in [0.1, 0.15) is 0 Å². The van der Waals surface area contributed by atoms with Crippen molar-refractivity contribution in [1.29, 1.82) is 0 Å². The highest BCUT2D eigenvalue weighted by Crippen LogP contribution is 2.35. The summed E-state index contributed by atoms with van der Waals surface area (Å²) in [6, 6.07) is 5.62. The average molecular weight is 215 g/mol. The quantitative estimate of drug-likeness (QED) is 0.690. The van der Waals surface area contributed by atoms with Gasteiger partial charge in [-0.1, -0.05) is 23.4 Å². The molecule has 16 heavy (non-hydrogen) atoms. The highest BCUT2D eigenvalue weighted by Gasteiger charge is 2.21. The molecule has 1 aliphatic rings. The Bertz CT molecular complexity index is 534. The maximum atomic E-state index is 5.83. The Morgan fingerprint density at radius 1 is 1.38 bits per heavy atom. The molecule has 1 aromatic heterocycles. The zero-order valence-electron chi connectivity index (χ0n) is 8.29. The Labute approximate surface area is 91.1 Å². The van der Waals surface area contributed by atoms with Gasteiger partial charge in [-0.25, -0.2) is 0 Å². The van der Waals surface area contributed by atoms with Crippen LogP contribution >= 0.6 is 0 Å². The van der Waals surface area contributed by atoms with Crippen LogP contribution < -0.4 is 10.5 Å². The summed E-state index contributed by atoms with van der Waals surface area (Å²) < 4.78 is 5.71. The fourth-order valence-electron chi connectivity index (χ4n) is 1.63. The largest absolute Gasteiger partial charge is 0.475 e. The van der Waals surface area contributed by atoms with E-state index in [1.807, 2.05) is 24.3 Å². The Morgan fingerprint density at radius 2 is 2.31 bits per heavy atom. The van der Waals surface area contributed by atoms with Crippen molar-refractivity contribution in [3.8, 4) is 5.75 Å². The standard InChI is InChI=1S/C10H9N5O/c11-7-3-1-2-6-4-5-8(16-9(6)7)10-12-14-15-13-10/h1-5,8H,11H2,(H,12,13,14,15). The molecule has 1 aromatic carbocycles. The Kier molecular flexibility index (Phi) is 1.86. The minimum Gasteiger partial charge on any atom is -0.475 e. The molecule has 0 amide bonds. The van der Waals surface area contributed by atoms with Crippen LogP contribution in [0, 0.1) is 0 Å². The van der Waals surface area contributed by atoms with Crippen LogP contribution in [0.3, 0.4) is 0 Å². The summed E-state index contributed by atoms with van der Waals surface area (Å²) in [6.07, 6.45) is 3.47. The number of nitrogen functional groups attached to an aromatic ring is 1. The number of para-hydroxylation sites is 1. The summed E-state index contributed by atoms with van der Waals surface area (Å²) in [6.45, 7) is 0. The van der Waals surface area contributed by atoms with E-state index < -0.39 is 0 Å². The molecule has 0 saturated heterocycles. The van der Waals surface area contributed by atoms with Crippen molar-refractivity contribution < 1.29 is 4.74 Å². The summed E-state index contributed by atoms with van der Waals surface area (Å²) in [4.78, 5) is 0. The predicted octanol–water partition coefficient (Wildman–Crippen LogP) is 0.929. The van der Waals surface area contributed by atoms with Gasteiger partial charge in [0.25, 0.3) is 0 Å². The molecule has 6 heteroatoms. The van der Waals surface area contributed by atoms with Crippen molar-refractivity contribution >= 4 is 11.8 Å². The van der Waals surface area contributed by atoms with Gasteiger partial charge in [0, 0.05) is 5.56 Å². The number of benzene rings is 1. The van der Waals surface area contributed by atoms with Crippen molar-refractivity contribution in [3.63, 3.8) is 0 Å². The number of anilines is 1. The highest BCUT2D eigenvalue weighted by molar-refractivity contribution is 5.69. The normalized spacial score (nSPS) is 17.9. The van der Waals surface area contributed by atoms with E-state index in [0.29, 0.717) is 17.3 Å². The number of hydrogen-bond acceptors (Lipinski definition) is 5. The van der Waals surface area contributed by atoms with Crippen molar-refractivity contribution in [1.82, 2.24) is 20.6 Å². The Morgan fingerprint density at radius 3 is 3.12 bits per heavy atom. The van der Waals surface area contributed by atoms with Crippen LogP contribution in [0.25, 0.3) is 6.08 Å². The number of nitrogens with zero attached hydrogens (tertiary/aromatic N) is 3. The van der Waals surface area contributed by atoms with Crippen LogP contribution in [-0.2, 0) is 0 Å². The molecule has 2 heterocycles. The second-order valence-corrected chi connectivity index (χ2v) is 3.43. The zero-order valence-corrected chi connectivity index (χ0v) is 8.29. The SMILES string of the molecule is Nc1cccc2c1OC(c1nn[nH]n1)C=C2. The Hall–Kier alpha value is -2.37. The number of fused-ring (bicyclic) bond motifs is 1. The third-order valence-corrected chi connectivity index (χ3v) is 2.39. The van der Waals surface area contributed by atoms with E-state index in [9.17, 15) is 0 Å². The molecule has 80 valence electrons. The average Bonchev–Trinajstić information content (AvgIpc) is 2.83. The van der Waals surface area contributed by atoms with Gasteiger partial charge in [-0.3, -0.25) is 0 Å². The van der Waals surface area contributed by atoms with Crippen LogP contribution in [-0.4, -0.2) is 20.6 Å². The monoisotopic (exact) mass is 215 g/mol. The summed E-state index contributed by atoms with van der Waals surface area (Å²) in [5.41, 5.74) is 7.40. The molecular formula is C10H9N5O. The summed E-state index contributed by atoms with van der Waals surface area (Å²) in [7, 11) is 0. The lowest BCUT2D eigenvalue weighted by atomic mass is 10.1. The van der Waals surface area contributed by atoms with Gasteiger partial charge in [0.2, 0.25) is 5.82 Å². The van der Waals surface area contributed by atoms with Crippen molar-refractivity contribution in [2.24, 2.45) is 0 Å². The summed E-state index contributed by atoms with van der Waals surface area (Å²) >= 11 is 0. The predicted molar refractivity (Wildman–Crippen MR) is 57.4 cm³/mol. The smallest absolute Gasteiger partial charge is 0.218 e. The molecule has 1 atom stereocenters. The number of hydrogen-bond donors (Lipinski definition) is 2. The van der Waals surface area contributed by atoms with E-state index in [-0.39, 0.29) is 6.10 Å². The van der Waals surface area contributed by atoms with Crippen LogP contribution in [0.4, 0.5) is 5.69 Å². The second-order valence-electron chi connectivity index (χ2n) is 3.43. The first-order chi connectivity index (χ1) is 7.84. The maximum absolute atomic E-state index is 5.83. The molecule has 2 aromatic rings. The number of nitrogens with two attached hydrogens (primary N) is 1. The molecule has 0 saturated carbocycles. The van der Waals surface area contributed by atoms with Gasteiger partial charge in [-0.2, -0.15) is 5.21 Å². The minimum atomic E-state index is -0.337. The molecule has 0 spiro atoms. The molecule has 3 rings (SSSR count). The van der Waals surface area contributed by atoms with Crippen LogP contribution in [0.15, 0.2) is 24.3 Å². The van der Waals surface area contributed by atoms with Gasteiger partial charge < -0.3 is 10.5 Å².